The molecule has 0 radical (unpaired) electrons. The van der Waals surface area contributed by atoms with Crippen molar-refractivity contribution >= 4 is 7.75 Å². The average molecular weight is 406 g/mol. The minimum atomic E-state index is -3.68. The summed E-state index contributed by atoms with van der Waals surface area (Å²) >= 11 is 0. The summed E-state index contributed by atoms with van der Waals surface area (Å²) in [4.78, 5) is 9.92. The van der Waals surface area contributed by atoms with Crippen molar-refractivity contribution in [3.05, 3.63) is 0 Å². The maximum atomic E-state index is 12.1. The molecule has 0 aromatic heterocycles. The summed E-state index contributed by atoms with van der Waals surface area (Å²) in [7, 11) is -2.06. The van der Waals surface area contributed by atoms with E-state index in [1.54, 1.807) is 7.05 Å². The third kappa shape index (κ3) is 17.4. The SMILES string of the molecule is C#CCCCCN(C)P(=O)(O)OCCCCCOCCCCCOCCC. The number of nitrogens with zero attached hydrogens (tertiary/aromatic N) is 1. The van der Waals surface area contributed by atoms with Gasteiger partial charge in [0.15, 0.2) is 0 Å². The second kappa shape index (κ2) is 18.9. The molecular formula is C20H40NO5P. The molecule has 0 saturated carbocycles. The van der Waals surface area contributed by atoms with Crippen LogP contribution in [0, 0.1) is 12.3 Å². The summed E-state index contributed by atoms with van der Waals surface area (Å²) < 4.78 is 29.7. The maximum absolute atomic E-state index is 12.1. The van der Waals surface area contributed by atoms with Gasteiger partial charge in [0.2, 0.25) is 0 Å². The Hall–Kier alpha value is -0.410. The molecule has 0 aromatic carbocycles. The van der Waals surface area contributed by atoms with Crippen LogP contribution in [-0.4, -0.2) is 56.2 Å². The largest absolute Gasteiger partial charge is 0.405 e. The molecule has 0 aromatic rings. The molecule has 6 nitrogen and oxygen atoms in total. The van der Waals surface area contributed by atoms with Gasteiger partial charge in [-0.3, -0.25) is 4.52 Å². The topological polar surface area (TPSA) is 68.2 Å². The Morgan fingerprint density at radius 1 is 0.889 bits per heavy atom. The van der Waals surface area contributed by atoms with Crippen LogP contribution in [0.5, 0.6) is 0 Å². The summed E-state index contributed by atoms with van der Waals surface area (Å²) in [5, 5.41) is 0. The first-order valence-electron chi connectivity index (χ1n) is 10.3. The van der Waals surface area contributed by atoms with Gasteiger partial charge in [-0.25, -0.2) is 9.24 Å². The number of ether oxygens (including phenoxy) is 2. The van der Waals surface area contributed by atoms with Gasteiger partial charge >= 0.3 is 7.75 Å². The van der Waals surface area contributed by atoms with Crippen LogP contribution < -0.4 is 0 Å². The van der Waals surface area contributed by atoms with Gasteiger partial charge in [0.25, 0.3) is 0 Å². The van der Waals surface area contributed by atoms with Crippen LogP contribution in [0.2, 0.25) is 0 Å². The van der Waals surface area contributed by atoms with Gasteiger partial charge in [0, 0.05) is 39.4 Å². The normalized spacial score (nSPS) is 13.6. The van der Waals surface area contributed by atoms with E-state index < -0.39 is 7.75 Å². The number of hydrogen-bond acceptors (Lipinski definition) is 4. The van der Waals surface area contributed by atoms with E-state index in [2.05, 4.69) is 12.8 Å². The van der Waals surface area contributed by atoms with Gasteiger partial charge in [0.1, 0.15) is 0 Å². The molecular weight excluding hydrogens is 365 g/mol. The summed E-state index contributed by atoms with van der Waals surface area (Å²) in [6.07, 6.45) is 14.5. The van der Waals surface area contributed by atoms with Crippen LogP contribution in [0.1, 0.15) is 71.1 Å². The predicted molar refractivity (Wildman–Crippen MR) is 111 cm³/mol. The van der Waals surface area contributed by atoms with Gasteiger partial charge in [0.05, 0.1) is 6.61 Å². The van der Waals surface area contributed by atoms with Crippen LogP contribution in [-0.2, 0) is 18.6 Å². The lowest BCUT2D eigenvalue weighted by Crippen LogP contribution is -2.18. The first kappa shape index (κ1) is 26.6. The Morgan fingerprint density at radius 2 is 1.44 bits per heavy atom. The average Bonchev–Trinajstić information content (AvgIpc) is 2.65. The number of rotatable bonds is 20. The fourth-order valence-corrected chi connectivity index (χ4v) is 3.35. The number of unbranched alkanes of at least 4 members (excludes halogenated alkanes) is 6. The highest BCUT2D eigenvalue weighted by Gasteiger charge is 2.25. The highest BCUT2D eigenvalue weighted by molar-refractivity contribution is 7.50. The van der Waals surface area contributed by atoms with E-state index in [9.17, 15) is 9.46 Å². The predicted octanol–water partition coefficient (Wildman–Crippen LogP) is 4.62. The standard InChI is InChI=1S/C20H40NO5P/c1-4-6-7-10-15-21(3)27(22,23)26-20-14-9-13-19-25-18-12-8-11-17-24-16-5-2/h1H,5-20H2,2-3H3,(H,22,23). The van der Waals surface area contributed by atoms with Crippen molar-refractivity contribution in [2.45, 2.75) is 71.1 Å². The van der Waals surface area contributed by atoms with E-state index in [1.165, 1.54) is 4.67 Å². The molecule has 0 spiro atoms. The zero-order valence-electron chi connectivity index (χ0n) is 17.4. The quantitative estimate of drug-likeness (QED) is 0.181. The fourth-order valence-electron chi connectivity index (χ4n) is 2.39. The fraction of sp³-hybridized carbons (Fsp3) is 0.900. The highest BCUT2D eigenvalue weighted by atomic mass is 31.2. The van der Waals surface area contributed by atoms with Gasteiger partial charge in [-0.05, 0) is 64.8 Å². The molecule has 1 atom stereocenters. The Kier molecular flexibility index (Phi) is 18.6. The Morgan fingerprint density at radius 3 is 2.00 bits per heavy atom. The Labute approximate surface area is 166 Å². The summed E-state index contributed by atoms with van der Waals surface area (Å²) in [5.41, 5.74) is 0. The van der Waals surface area contributed by atoms with Gasteiger partial charge in [-0.15, -0.1) is 12.3 Å². The van der Waals surface area contributed by atoms with Crippen molar-refractivity contribution in [3.63, 3.8) is 0 Å². The minimum Gasteiger partial charge on any atom is -0.381 e. The molecule has 27 heavy (non-hydrogen) atoms. The lowest BCUT2D eigenvalue weighted by atomic mass is 10.2. The third-order valence-corrected chi connectivity index (χ3v) is 5.68. The third-order valence-electron chi connectivity index (χ3n) is 4.10. The molecule has 0 bridgehead atoms. The summed E-state index contributed by atoms with van der Waals surface area (Å²) in [6.45, 7) is 6.15. The molecule has 0 amide bonds. The van der Waals surface area contributed by atoms with Crippen LogP contribution in [0.25, 0.3) is 0 Å². The lowest BCUT2D eigenvalue weighted by molar-refractivity contribution is 0.112. The van der Waals surface area contributed by atoms with Crippen molar-refractivity contribution in [3.8, 4) is 12.3 Å². The molecule has 0 aliphatic heterocycles. The van der Waals surface area contributed by atoms with Crippen molar-refractivity contribution in [1.29, 1.82) is 0 Å². The monoisotopic (exact) mass is 405 g/mol. The van der Waals surface area contributed by atoms with Crippen LogP contribution in [0.3, 0.4) is 0 Å². The zero-order chi connectivity index (χ0) is 20.2. The van der Waals surface area contributed by atoms with Crippen molar-refractivity contribution in [2.24, 2.45) is 0 Å². The molecule has 160 valence electrons. The van der Waals surface area contributed by atoms with E-state index in [4.69, 9.17) is 20.4 Å². The highest BCUT2D eigenvalue weighted by Crippen LogP contribution is 2.45. The van der Waals surface area contributed by atoms with Crippen LogP contribution in [0.15, 0.2) is 0 Å². The molecule has 0 aliphatic carbocycles. The molecule has 0 aliphatic rings. The van der Waals surface area contributed by atoms with Gasteiger partial charge in [-0.1, -0.05) is 6.92 Å². The van der Waals surface area contributed by atoms with Crippen molar-refractivity contribution in [2.75, 3.05) is 46.6 Å². The zero-order valence-corrected chi connectivity index (χ0v) is 18.3. The second-order valence-corrected chi connectivity index (χ2v) is 8.63. The first-order valence-corrected chi connectivity index (χ1v) is 11.9. The van der Waals surface area contributed by atoms with E-state index in [0.29, 0.717) is 19.6 Å². The molecule has 0 rings (SSSR count). The number of hydrogen-bond donors (Lipinski definition) is 1. The van der Waals surface area contributed by atoms with E-state index >= 15 is 0 Å². The lowest BCUT2D eigenvalue weighted by Gasteiger charge is -2.22. The number of terminal acetylenes is 1. The van der Waals surface area contributed by atoms with Gasteiger partial charge < -0.3 is 14.4 Å². The molecule has 1 unspecified atom stereocenters. The minimum absolute atomic E-state index is 0.292. The maximum Gasteiger partial charge on any atom is 0.405 e. The molecule has 0 saturated heterocycles. The summed E-state index contributed by atoms with van der Waals surface area (Å²) in [6, 6.07) is 0. The van der Waals surface area contributed by atoms with Gasteiger partial charge in [-0.2, -0.15) is 0 Å². The van der Waals surface area contributed by atoms with Crippen LogP contribution >= 0.6 is 7.75 Å². The van der Waals surface area contributed by atoms with Crippen molar-refractivity contribution in [1.82, 2.24) is 4.67 Å². The molecule has 1 N–H and O–H groups in total. The molecule has 7 heteroatoms. The summed E-state index contributed by atoms with van der Waals surface area (Å²) in [5.74, 6) is 2.57. The Balaban J connectivity index is 3.42. The smallest absolute Gasteiger partial charge is 0.381 e. The molecule has 0 heterocycles. The van der Waals surface area contributed by atoms with Crippen LogP contribution in [0.4, 0.5) is 0 Å². The van der Waals surface area contributed by atoms with E-state index in [0.717, 1.165) is 84.2 Å². The van der Waals surface area contributed by atoms with E-state index in [-0.39, 0.29) is 0 Å². The first-order chi connectivity index (χ1) is 13.0. The van der Waals surface area contributed by atoms with E-state index in [1.807, 2.05) is 0 Å². The van der Waals surface area contributed by atoms with Crippen molar-refractivity contribution < 1.29 is 23.5 Å². The molecule has 0 fully saturated rings. The Bertz CT molecular complexity index is 414. The second-order valence-electron chi connectivity index (χ2n) is 6.71.